The number of amides is 1. The maximum absolute atomic E-state index is 12.1. The third-order valence-electron chi connectivity index (χ3n) is 3.64. The molecule has 20 heavy (non-hydrogen) atoms. The molecule has 1 amide bonds. The van der Waals surface area contributed by atoms with Crippen LogP contribution < -0.4 is 10.6 Å². The van der Waals surface area contributed by atoms with E-state index in [4.69, 9.17) is 0 Å². The van der Waals surface area contributed by atoms with E-state index in [1.165, 1.54) is 17.5 Å². The average molecular weight is 267 g/mol. The van der Waals surface area contributed by atoms with Gasteiger partial charge in [-0.05, 0) is 54.7 Å². The van der Waals surface area contributed by atoms with Crippen LogP contribution in [-0.2, 0) is 12.8 Å². The van der Waals surface area contributed by atoms with Crippen molar-refractivity contribution in [1.29, 1.82) is 0 Å². The Morgan fingerprint density at radius 1 is 1.15 bits per heavy atom. The summed E-state index contributed by atoms with van der Waals surface area (Å²) in [6.07, 6.45) is 5.05. The lowest BCUT2D eigenvalue weighted by molar-refractivity contribution is 0.102. The van der Waals surface area contributed by atoms with Gasteiger partial charge in [0, 0.05) is 18.9 Å². The summed E-state index contributed by atoms with van der Waals surface area (Å²) in [6, 6.07) is 9.71. The van der Waals surface area contributed by atoms with E-state index in [0.717, 1.165) is 24.3 Å². The molecule has 4 heteroatoms. The summed E-state index contributed by atoms with van der Waals surface area (Å²) in [5.41, 5.74) is 4.17. The van der Waals surface area contributed by atoms with Crippen molar-refractivity contribution < 1.29 is 4.79 Å². The molecule has 0 fully saturated rings. The first kappa shape index (κ1) is 12.7. The average Bonchev–Trinajstić information content (AvgIpc) is 2.95. The molecule has 0 atom stereocenters. The smallest absolute Gasteiger partial charge is 0.257 e. The van der Waals surface area contributed by atoms with Crippen molar-refractivity contribution in [1.82, 2.24) is 4.98 Å². The fraction of sp³-hybridized carbons (Fsp3) is 0.250. The number of pyridine rings is 1. The normalized spacial score (nSPS) is 12.8. The zero-order valence-corrected chi connectivity index (χ0v) is 11.4. The molecule has 0 saturated carbocycles. The molecule has 2 N–H and O–H groups in total. The van der Waals surface area contributed by atoms with E-state index in [1.807, 2.05) is 6.07 Å². The lowest BCUT2D eigenvalue weighted by Crippen LogP contribution is -2.12. The van der Waals surface area contributed by atoms with Crippen molar-refractivity contribution in [2.45, 2.75) is 19.3 Å². The Bertz CT molecular complexity index is 635. The molecule has 0 aliphatic heterocycles. The van der Waals surface area contributed by atoms with E-state index in [2.05, 4.69) is 27.8 Å². The standard InChI is InChI=1S/C16H17N3O/c1-17-15-8-6-13(10-18-15)16(20)19-14-7-5-11-3-2-4-12(11)9-14/h5-10H,2-4H2,1H3,(H,17,18)(H,19,20). The summed E-state index contributed by atoms with van der Waals surface area (Å²) in [5, 5.41) is 5.85. The number of anilines is 2. The summed E-state index contributed by atoms with van der Waals surface area (Å²) in [6.45, 7) is 0. The highest BCUT2D eigenvalue weighted by molar-refractivity contribution is 6.04. The fourth-order valence-electron chi connectivity index (χ4n) is 2.53. The van der Waals surface area contributed by atoms with Gasteiger partial charge in [0.25, 0.3) is 5.91 Å². The van der Waals surface area contributed by atoms with Gasteiger partial charge in [-0.25, -0.2) is 4.98 Å². The zero-order chi connectivity index (χ0) is 13.9. The van der Waals surface area contributed by atoms with Gasteiger partial charge in [-0.3, -0.25) is 4.79 Å². The molecular weight excluding hydrogens is 250 g/mol. The molecule has 102 valence electrons. The van der Waals surface area contributed by atoms with Crippen LogP contribution in [-0.4, -0.2) is 17.9 Å². The Morgan fingerprint density at radius 3 is 2.75 bits per heavy atom. The highest BCUT2D eigenvalue weighted by Gasteiger charge is 2.12. The van der Waals surface area contributed by atoms with Crippen LogP contribution in [0.5, 0.6) is 0 Å². The van der Waals surface area contributed by atoms with E-state index in [-0.39, 0.29) is 5.91 Å². The van der Waals surface area contributed by atoms with Crippen LogP contribution in [0, 0.1) is 0 Å². The molecule has 0 radical (unpaired) electrons. The van der Waals surface area contributed by atoms with Gasteiger partial charge >= 0.3 is 0 Å². The van der Waals surface area contributed by atoms with Gasteiger partial charge in [0.2, 0.25) is 0 Å². The van der Waals surface area contributed by atoms with Crippen molar-refractivity contribution in [3.05, 3.63) is 53.2 Å². The van der Waals surface area contributed by atoms with Crippen LogP contribution in [0.25, 0.3) is 0 Å². The second-order valence-electron chi connectivity index (χ2n) is 4.97. The minimum atomic E-state index is -0.127. The Balaban J connectivity index is 1.75. The second kappa shape index (κ2) is 5.33. The van der Waals surface area contributed by atoms with E-state index in [0.29, 0.717) is 5.56 Å². The number of carbonyl (C=O) groups excluding carboxylic acids is 1. The topological polar surface area (TPSA) is 54.0 Å². The Morgan fingerprint density at radius 2 is 2.00 bits per heavy atom. The van der Waals surface area contributed by atoms with Crippen molar-refractivity contribution in [2.24, 2.45) is 0 Å². The number of nitrogens with one attached hydrogen (secondary N) is 2. The molecular formula is C16H17N3O. The van der Waals surface area contributed by atoms with Gasteiger partial charge in [0.05, 0.1) is 5.56 Å². The van der Waals surface area contributed by atoms with Gasteiger partial charge in [-0.1, -0.05) is 6.07 Å². The number of nitrogens with zero attached hydrogens (tertiary/aromatic N) is 1. The van der Waals surface area contributed by atoms with Crippen molar-refractivity contribution >= 4 is 17.4 Å². The largest absolute Gasteiger partial charge is 0.373 e. The number of rotatable bonds is 3. The molecule has 0 unspecified atom stereocenters. The third-order valence-corrected chi connectivity index (χ3v) is 3.64. The lowest BCUT2D eigenvalue weighted by atomic mass is 10.1. The number of hydrogen-bond acceptors (Lipinski definition) is 3. The van der Waals surface area contributed by atoms with Gasteiger partial charge < -0.3 is 10.6 Å². The first-order valence-electron chi connectivity index (χ1n) is 6.83. The number of benzene rings is 1. The van der Waals surface area contributed by atoms with Crippen molar-refractivity contribution in [3.63, 3.8) is 0 Å². The summed E-state index contributed by atoms with van der Waals surface area (Å²) < 4.78 is 0. The molecule has 1 heterocycles. The number of carbonyl (C=O) groups is 1. The molecule has 1 aromatic carbocycles. The van der Waals surface area contributed by atoms with Gasteiger partial charge in [-0.2, -0.15) is 0 Å². The highest BCUT2D eigenvalue weighted by atomic mass is 16.1. The fourth-order valence-corrected chi connectivity index (χ4v) is 2.53. The number of hydrogen-bond donors (Lipinski definition) is 2. The van der Waals surface area contributed by atoms with E-state index < -0.39 is 0 Å². The minimum Gasteiger partial charge on any atom is -0.373 e. The van der Waals surface area contributed by atoms with Crippen LogP contribution in [0.1, 0.15) is 27.9 Å². The Hall–Kier alpha value is -2.36. The summed E-state index contributed by atoms with van der Waals surface area (Å²) in [7, 11) is 1.80. The Kier molecular flexibility index (Phi) is 3.37. The van der Waals surface area contributed by atoms with Crippen LogP contribution in [0.2, 0.25) is 0 Å². The molecule has 0 spiro atoms. The van der Waals surface area contributed by atoms with Crippen LogP contribution in [0.3, 0.4) is 0 Å². The zero-order valence-electron chi connectivity index (χ0n) is 11.4. The Labute approximate surface area is 118 Å². The molecule has 0 bridgehead atoms. The first-order valence-corrected chi connectivity index (χ1v) is 6.83. The van der Waals surface area contributed by atoms with E-state index in [1.54, 1.807) is 25.4 Å². The summed E-state index contributed by atoms with van der Waals surface area (Å²) >= 11 is 0. The molecule has 0 saturated heterocycles. The van der Waals surface area contributed by atoms with E-state index >= 15 is 0 Å². The molecule has 1 aromatic heterocycles. The maximum atomic E-state index is 12.1. The van der Waals surface area contributed by atoms with Gasteiger partial charge in [0.1, 0.15) is 5.82 Å². The molecule has 3 rings (SSSR count). The lowest BCUT2D eigenvalue weighted by Gasteiger charge is -2.08. The number of aromatic nitrogens is 1. The molecule has 1 aliphatic rings. The van der Waals surface area contributed by atoms with Crippen molar-refractivity contribution in [3.8, 4) is 0 Å². The summed E-state index contributed by atoms with van der Waals surface area (Å²) in [4.78, 5) is 16.3. The van der Waals surface area contributed by atoms with Crippen LogP contribution in [0.4, 0.5) is 11.5 Å². The predicted molar refractivity (Wildman–Crippen MR) is 80.2 cm³/mol. The predicted octanol–water partition coefficient (Wildman–Crippen LogP) is 2.86. The van der Waals surface area contributed by atoms with Gasteiger partial charge in [-0.15, -0.1) is 0 Å². The van der Waals surface area contributed by atoms with E-state index in [9.17, 15) is 4.79 Å². The number of aryl methyl sites for hydroxylation is 2. The number of fused-ring (bicyclic) bond motifs is 1. The maximum Gasteiger partial charge on any atom is 0.257 e. The minimum absolute atomic E-state index is 0.127. The SMILES string of the molecule is CNc1ccc(C(=O)Nc2ccc3c(c2)CCC3)cn1. The molecule has 4 nitrogen and oxygen atoms in total. The molecule has 1 aliphatic carbocycles. The second-order valence-corrected chi connectivity index (χ2v) is 4.97. The monoisotopic (exact) mass is 267 g/mol. The quantitative estimate of drug-likeness (QED) is 0.899. The van der Waals surface area contributed by atoms with Gasteiger partial charge in [0.15, 0.2) is 0 Å². The van der Waals surface area contributed by atoms with Crippen LogP contribution >= 0.6 is 0 Å². The van der Waals surface area contributed by atoms with Crippen molar-refractivity contribution in [2.75, 3.05) is 17.7 Å². The summed E-state index contributed by atoms with van der Waals surface area (Å²) in [5.74, 6) is 0.622. The molecule has 2 aromatic rings. The third kappa shape index (κ3) is 2.50. The first-order chi connectivity index (χ1) is 9.76. The highest BCUT2D eigenvalue weighted by Crippen LogP contribution is 2.25. The van der Waals surface area contributed by atoms with Crippen LogP contribution in [0.15, 0.2) is 36.5 Å².